The van der Waals surface area contributed by atoms with Crippen molar-refractivity contribution in [1.82, 2.24) is 10.3 Å². The lowest BCUT2D eigenvalue weighted by atomic mass is 10.0. The van der Waals surface area contributed by atoms with E-state index in [1.54, 1.807) is 23.1 Å². The van der Waals surface area contributed by atoms with E-state index in [0.29, 0.717) is 6.54 Å². The SMILES string of the molecule is CC(C)(C)OC(=O)NCc1ncc(Sc2cc3ccccc3c3ccccc23)s1. The molecule has 1 heterocycles. The summed E-state index contributed by atoms with van der Waals surface area (Å²) in [7, 11) is 0. The Bertz CT molecular complexity index is 1180. The largest absolute Gasteiger partial charge is 0.444 e. The molecule has 0 unspecified atom stereocenters. The van der Waals surface area contributed by atoms with Crippen LogP contribution in [-0.4, -0.2) is 16.7 Å². The third-order valence-corrected chi connectivity index (χ3v) is 6.41. The van der Waals surface area contributed by atoms with Gasteiger partial charge in [0.25, 0.3) is 0 Å². The van der Waals surface area contributed by atoms with E-state index in [4.69, 9.17) is 4.74 Å². The molecule has 0 saturated heterocycles. The van der Waals surface area contributed by atoms with Gasteiger partial charge in [0, 0.05) is 4.90 Å². The highest BCUT2D eigenvalue weighted by Crippen LogP contribution is 2.39. The first-order valence-corrected chi connectivity index (χ1v) is 11.0. The molecule has 1 aromatic heterocycles. The first kappa shape index (κ1) is 19.7. The Morgan fingerprint density at radius 3 is 2.52 bits per heavy atom. The second-order valence-electron chi connectivity index (χ2n) is 7.67. The number of amides is 1. The molecule has 148 valence electrons. The predicted molar refractivity (Wildman–Crippen MR) is 121 cm³/mol. The van der Waals surface area contributed by atoms with Crippen LogP contribution >= 0.6 is 23.1 Å². The summed E-state index contributed by atoms with van der Waals surface area (Å²) in [6.07, 6.45) is 1.44. The lowest BCUT2D eigenvalue weighted by Crippen LogP contribution is -2.32. The lowest BCUT2D eigenvalue weighted by Gasteiger charge is -2.19. The summed E-state index contributed by atoms with van der Waals surface area (Å²) >= 11 is 3.29. The normalized spacial score (nSPS) is 11.7. The molecule has 0 fully saturated rings. The molecule has 1 amide bonds. The van der Waals surface area contributed by atoms with E-state index >= 15 is 0 Å². The molecular weight excluding hydrogens is 400 g/mol. The monoisotopic (exact) mass is 422 g/mol. The molecular formula is C23H22N2O2S2. The number of thiazole rings is 1. The summed E-state index contributed by atoms with van der Waals surface area (Å²) in [5.74, 6) is 0. The number of carbonyl (C=O) groups is 1. The van der Waals surface area contributed by atoms with Crippen LogP contribution in [0.4, 0.5) is 4.79 Å². The summed E-state index contributed by atoms with van der Waals surface area (Å²) in [5.41, 5.74) is -0.509. The fourth-order valence-corrected chi connectivity index (χ4v) is 5.21. The quantitative estimate of drug-likeness (QED) is 0.375. The minimum absolute atomic E-state index is 0.360. The van der Waals surface area contributed by atoms with Gasteiger partial charge < -0.3 is 10.1 Å². The van der Waals surface area contributed by atoms with E-state index in [-0.39, 0.29) is 0 Å². The molecule has 4 aromatic rings. The van der Waals surface area contributed by atoms with Crippen LogP contribution in [0.25, 0.3) is 21.5 Å². The maximum absolute atomic E-state index is 11.8. The van der Waals surface area contributed by atoms with Gasteiger partial charge >= 0.3 is 6.09 Å². The highest BCUT2D eigenvalue weighted by atomic mass is 32.2. The molecule has 0 atom stereocenters. The number of ether oxygens (including phenoxy) is 1. The Balaban J connectivity index is 1.54. The molecule has 0 aliphatic rings. The molecule has 4 rings (SSSR count). The molecule has 3 aromatic carbocycles. The number of nitrogens with zero attached hydrogens (tertiary/aromatic N) is 1. The first-order chi connectivity index (χ1) is 13.9. The Morgan fingerprint density at radius 1 is 1.07 bits per heavy atom. The van der Waals surface area contributed by atoms with Crippen LogP contribution in [0.1, 0.15) is 25.8 Å². The van der Waals surface area contributed by atoms with Gasteiger partial charge in [0.2, 0.25) is 0 Å². The summed E-state index contributed by atoms with van der Waals surface area (Å²) < 4.78 is 6.36. The molecule has 0 spiro atoms. The molecule has 0 aliphatic carbocycles. The number of nitrogens with one attached hydrogen (secondary N) is 1. The molecule has 4 nitrogen and oxygen atoms in total. The maximum Gasteiger partial charge on any atom is 0.408 e. The minimum Gasteiger partial charge on any atom is -0.444 e. The fourth-order valence-electron chi connectivity index (χ4n) is 3.10. The average Bonchev–Trinajstić information content (AvgIpc) is 3.13. The van der Waals surface area contributed by atoms with E-state index in [0.717, 1.165) is 9.22 Å². The summed E-state index contributed by atoms with van der Waals surface area (Å²) in [6.45, 7) is 5.90. The van der Waals surface area contributed by atoms with Crippen LogP contribution in [0.5, 0.6) is 0 Å². The number of carbonyl (C=O) groups excluding carboxylic acids is 1. The van der Waals surface area contributed by atoms with E-state index in [1.165, 1.54) is 26.4 Å². The van der Waals surface area contributed by atoms with Gasteiger partial charge in [-0.1, -0.05) is 60.3 Å². The Hall–Kier alpha value is -2.57. The number of fused-ring (bicyclic) bond motifs is 3. The smallest absolute Gasteiger partial charge is 0.408 e. The van der Waals surface area contributed by atoms with E-state index in [2.05, 4.69) is 64.9 Å². The molecule has 29 heavy (non-hydrogen) atoms. The van der Waals surface area contributed by atoms with Gasteiger partial charge in [-0.15, -0.1) is 11.3 Å². The van der Waals surface area contributed by atoms with E-state index in [1.807, 2.05) is 27.0 Å². The van der Waals surface area contributed by atoms with Crippen molar-refractivity contribution in [2.75, 3.05) is 0 Å². The summed E-state index contributed by atoms with van der Waals surface area (Å²) in [6, 6.07) is 19.2. The van der Waals surface area contributed by atoms with Gasteiger partial charge in [-0.25, -0.2) is 9.78 Å². The third kappa shape index (κ3) is 4.71. The molecule has 1 N–H and O–H groups in total. The van der Waals surface area contributed by atoms with Crippen LogP contribution in [0.15, 0.2) is 69.9 Å². The third-order valence-electron chi connectivity index (χ3n) is 4.26. The van der Waals surface area contributed by atoms with Crippen molar-refractivity contribution in [2.24, 2.45) is 0 Å². The molecule has 6 heteroatoms. The first-order valence-electron chi connectivity index (χ1n) is 9.39. The molecule has 0 saturated carbocycles. The van der Waals surface area contributed by atoms with Gasteiger partial charge in [0.05, 0.1) is 17.0 Å². The van der Waals surface area contributed by atoms with Gasteiger partial charge in [0.15, 0.2) is 0 Å². The summed E-state index contributed by atoms with van der Waals surface area (Å²) in [5, 5.41) is 8.59. The van der Waals surface area contributed by atoms with Crippen LogP contribution in [0, 0.1) is 0 Å². The van der Waals surface area contributed by atoms with Gasteiger partial charge in [-0.2, -0.15) is 0 Å². The Labute approximate surface area is 178 Å². The van der Waals surface area contributed by atoms with Crippen LogP contribution in [-0.2, 0) is 11.3 Å². The topological polar surface area (TPSA) is 51.2 Å². The second kappa shape index (κ2) is 8.05. The molecule has 0 aliphatic heterocycles. The standard InChI is InChI=1S/C23H22N2O2S2/c1-23(2,3)27-22(26)25-13-20-24-14-21(29-20)28-19-12-15-8-4-5-9-16(15)17-10-6-7-11-18(17)19/h4-12,14H,13H2,1-3H3,(H,25,26). The van der Waals surface area contributed by atoms with Crippen molar-refractivity contribution in [3.8, 4) is 0 Å². The fraction of sp³-hybridized carbons (Fsp3) is 0.217. The highest BCUT2D eigenvalue weighted by Gasteiger charge is 2.16. The van der Waals surface area contributed by atoms with Gasteiger partial charge in [-0.3, -0.25) is 0 Å². The summed E-state index contributed by atoms with van der Waals surface area (Å²) in [4.78, 5) is 17.5. The Kier molecular flexibility index (Phi) is 5.48. The van der Waals surface area contributed by atoms with Crippen molar-refractivity contribution in [3.63, 3.8) is 0 Å². The highest BCUT2D eigenvalue weighted by molar-refractivity contribution is 8.01. The zero-order valence-electron chi connectivity index (χ0n) is 16.6. The number of hydrogen-bond donors (Lipinski definition) is 1. The van der Waals surface area contributed by atoms with E-state index in [9.17, 15) is 4.79 Å². The van der Waals surface area contributed by atoms with Crippen LogP contribution in [0.2, 0.25) is 0 Å². The number of rotatable bonds is 4. The average molecular weight is 423 g/mol. The van der Waals surface area contributed by atoms with Gasteiger partial charge in [0.1, 0.15) is 10.6 Å². The molecule has 0 radical (unpaired) electrons. The number of benzene rings is 3. The van der Waals surface area contributed by atoms with Crippen molar-refractivity contribution in [2.45, 2.75) is 42.0 Å². The Morgan fingerprint density at radius 2 is 1.76 bits per heavy atom. The number of hydrogen-bond acceptors (Lipinski definition) is 5. The minimum atomic E-state index is -0.509. The van der Waals surface area contributed by atoms with E-state index < -0.39 is 11.7 Å². The predicted octanol–water partition coefficient (Wildman–Crippen LogP) is 6.63. The zero-order chi connectivity index (χ0) is 20.4. The maximum atomic E-state index is 11.8. The van der Waals surface area contributed by atoms with Crippen LogP contribution in [0.3, 0.4) is 0 Å². The zero-order valence-corrected chi connectivity index (χ0v) is 18.2. The van der Waals surface area contributed by atoms with Crippen molar-refractivity contribution >= 4 is 50.7 Å². The van der Waals surface area contributed by atoms with Crippen molar-refractivity contribution < 1.29 is 9.53 Å². The lowest BCUT2D eigenvalue weighted by molar-refractivity contribution is 0.0523. The number of aromatic nitrogens is 1. The number of alkyl carbamates (subject to hydrolysis) is 1. The van der Waals surface area contributed by atoms with Crippen molar-refractivity contribution in [3.05, 3.63) is 65.8 Å². The van der Waals surface area contributed by atoms with Gasteiger partial charge in [-0.05, 0) is 48.4 Å². The van der Waals surface area contributed by atoms with Crippen molar-refractivity contribution in [1.29, 1.82) is 0 Å². The molecule has 0 bridgehead atoms. The van der Waals surface area contributed by atoms with Crippen LogP contribution < -0.4 is 5.32 Å². The second-order valence-corrected chi connectivity index (χ2v) is 10.1.